The Morgan fingerprint density at radius 3 is 2.35 bits per heavy atom. The molecule has 1 aromatic heterocycles. The molecule has 0 radical (unpaired) electrons. The average molecular weight is 589 g/mol. The van der Waals surface area contributed by atoms with E-state index in [4.69, 9.17) is 32.7 Å². The minimum Gasteiger partial charge on any atom is -0.495 e. The Labute approximate surface area is 245 Å². The molecule has 214 valence electrons. The summed E-state index contributed by atoms with van der Waals surface area (Å²) in [5.41, 5.74) is 2.43. The normalized spacial score (nSPS) is 16.1. The third-order valence-electron chi connectivity index (χ3n) is 6.88. The number of piperazine rings is 1. The second-order valence-electron chi connectivity index (χ2n) is 9.41. The van der Waals surface area contributed by atoms with E-state index < -0.39 is 6.03 Å². The summed E-state index contributed by atoms with van der Waals surface area (Å²) in [7, 11) is 4.52. The number of ether oxygens (including phenoxy) is 2. The molecule has 2 aliphatic rings. The zero-order valence-corrected chi connectivity index (χ0v) is 24.7. The highest BCUT2D eigenvalue weighted by atomic mass is 35.5. The first kappa shape index (κ1) is 29.7. The van der Waals surface area contributed by atoms with Gasteiger partial charge < -0.3 is 25.0 Å². The highest BCUT2D eigenvalue weighted by Crippen LogP contribution is 2.44. The molecule has 2 amide bonds. The number of amides is 2. The minimum absolute atomic E-state index is 0.157. The maximum Gasteiger partial charge on any atom is 0.327 e. The van der Waals surface area contributed by atoms with E-state index in [1.54, 1.807) is 19.2 Å². The molecule has 0 atom stereocenters. The van der Waals surface area contributed by atoms with E-state index in [2.05, 4.69) is 61.6 Å². The van der Waals surface area contributed by atoms with Gasteiger partial charge in [-0.15, -0.1) is 0 Å². The summed E-state index contributed by atoms with van der Waals surface area (Å²) in [6, 6.07) is 2.74. The third kappa shape index (κ3) is 7.25. The van der Waals surface area contributed by atoms with Crippen molar-refractivity contribution in [2.75, 3.05) is 76.1 Å². The summed E-state index contributed by atoms with van der Waals surface area (Å²) in [5.74, 6) is 1.58. The predicted molar refractivity (Wildman–Crippen MR) is 161 cm³/mol. The van der Waals surface area contributed by atoms with Crippen molar-refractivity contribution in [1.29, 1.82) is 0 Å². The molecule has 0 unspecified atom stereocenters. The molecule has 12 heteroatoms. The van der Waals surface area contributed by atoms with Crippen molar-refractivity contribution < 1.29 is 14.3 Å². The number of methoxy groups -OCH3 is 2. The molecule has 2 heterocycles. The van der Waals surface area contributed by atoms with Crippen LogP contribution < -0.4 is 25.0 Å². The van der Waals surface area contributed by atoms with E-state index in [0.717, 1.165) is 51.4 Å². The quantitative estimate of drug-likeness (QED) is 0.408. The summed E-state index contributed by atoms with van der Waals surface area (Å²) < 4.78 is 10.6. The molecule has 1 aromatic carbocycles. The highest BCUT2D eigenvalue weighted by Gasteiger charge is 2.22. The molecule has 40 heavy (non-hydrogen) atoms. The van der Waals surface area contributed by atoms with Crippen molar-refractivity contribution in [3.05, 3.63) is 64.1 Å². The second-order valence-corrected chi connectivity index (χ2v) is 10.2. The zero-order chi connectivity index (χ0) is 28.6. The van der Waals surface area contributed by atoms with Gasteiger partial charge in [0.15, 0.2) is 0 Å². The van der Waals surface area contributed by atoms with Gasteiger partial charge in [-0.3, -0.25) is 9.80 Å². The second kappa shape index (κ2) is 13.8. The Morgan fingerprint density at radius 1 is 1.02 bits per heavy atom. The molecule has 0 bridgehead atoms. The number of carbonyl (C=O) groups excluding carboxylic acids is 1. The average Bonchev–Trinajstić information content (AvgIpc) is 3.20. The van der Waals surface area contributed by atoms with Gasteiger partial charge in [-0.1, -0.05) is 48.4 Å². The summed E-state index contributed by atoms with van der Waals surface area (Å²) in [6.45, 7) is 8.66. The van der Waals surface area contributed by atoms with E-state index >= 15 is 0 Å². The number of anilines is 3. The third-order valence-corrected chi connectivity index (χ3v) is 7.63. The molecular weight excluding hydrogens is 553 g/mol. The number of carbonyl (C=O) groups is 1. The van der Waals surface area contributed by atoms with Crippen LogP contribution in [0.3, 0.4) is 0 Å². The van der Waals surface area contributed by atoms with E-state index in [1.807, 2.05) is 0 Å². The van der Waals surface area contributed by atoms with Gasteiger partial charge in [0.25, 0.3) is 0 Å². The highest BCUT2D eigenvalue weighted by molar-refractivity contribution is 6.41. The molecule has 2 aromatic rings. The fourth-order valence-electron chi connectivity index (χ4n) is 4.44. The van der Waals surface area contributed by atoms with Gasteiger partial charge in [-0.05, 0) is 18.2 Å². The minimum atomic E-state index is -0.507. The van der Waals surface area contributed by atoms with E-state index in [0.29, 0.717) is 23.1 Å². The van der Waals surface area contributed by atoms with E-state index in [-0.39, 0.29) is 15.7 Å². The summed E-state index contributed by atoms with van der Waals surface area (Å²) in [6.07, 6.45) is 10.7. The number of allylic oxidation sites excluding steroid dienone is 3. The van der Waals surface area contributed by atoms with Gasteiger partial charge in [0, 0.05) is 64.0 Å². The van der Waals surface area contributed by atoms with Crippen molar-refractivity contribution in [2.24, 2.45) is 0 Å². The first-order chi connectivity index (χ1) is 19.3. The van der Waals surface area contributed by atoms with Gasteiger partial charge in [0.1, 0.15) is 39.5 Å². The van der Waals surface area contributed by atoms with Crippen LogP contribution in [0, 0.1) is 0 Å². The molecule has 1 fully saturated rings. The molecule has 4 rings (SSSR count). The van der Waals surface area contributed by atoms with Gasteiger partial charge >= 0.3 is 6.03 Å². The first-order valence-electron chi connectivity index (χ1n) is 13.1. The fraction of sp³-hybridized carbons (Fsp3) is 0.393. The van der Waals surface area contributed by atoms with Crippen molar-refractivity contribution in [3.8, 4) is 11.5 Å². The summed E-state index contributed by atoms with van der Waals surface area (Å²) >= 11 is 12.8. The lowest BCUT2D eigenvalue weighted by Crippen LogP contribution is -2.46. The lowest BCUT2D eigenvalue weighted by Gasteiger charge is -2.34. The maximum absolute atomic E-state index is 13.1. The van der Waals surface area contributed by atoms with Gasteiger partial charge in [-0.25, -0.2) is 14.8 Å². The summed E-state index contributed by atoms with van der Waals surface area (Å²) in [5, 5.41) is 6.39. The number of aromatic nitrogens is 2. The van der Waals surface area contributed by atoms with E-state index in [1.165, 1.54) is 31.0 Å². The molecule has 10 nitrogen and oxygen atoms in total. The number of halogens is 2. The number of hydrogen-bond acceptors (Lipinski definition) is 8. The van der Waals surface area contributed by atoms with Crippen LogP contribution in [-0.4, -0.2) is 86.3 Å². The smallest absolute Gasteiger partial charge is 0.327 e. The van der Waals surface area contributed by atoms with Crippen LogP contribution in [0.1, 0.15) is 13.3 Å². The van der Waals surface area contributed by atoms with Crippen LogP contribution in [0.25, 0.3) is 0 Å². The number of nitrogens with one attached hydrogen (secondary N) is 2. The first-order valence-corrected chi connectivity index (χ1v) is 13.8. The molecule has 1 aliphatic heterocycles. The molecule has 0 spiro atoms. The van der Waals surface area contributed by atoms with Crippen molar-refractivity contribution in [3.63, 3.8) is 0 Å². The predicted octanol–water partition coefficient (Wildman–Crippen LogP) is 5.29. The standard InChI is InChI=1S/C28H35Cl2N7O3/c1-5-36-11-13-37(14-12-36)17-19-7-6-8-20(10-9-19)33-23-16-24(32-18-31-23)35(2)28(38)34-27-25(29)21(39-3)15-22(40-4)26(27)30/h6-7,9-10,15-16,18H,5,8,11-14,17H2,1-4H3,(H,34,38)(H,31,32,33). The van der Waals surface area contributed by atoms with Crippen molar-refractivity contribution in [2.45, 2.75) is 13.3 Å². The van der Waals surface area contributed by atoms with Crippen LogP contribution in [0.15, 0.2) is 54.0 Å². The van der Waals surface area contributed by atoms with Gasteiger partial charge in [-0.2, -0.15) is 0 Å². The zero-order valence-electron chi connectivity index (χ0n) is 23.2. The number of hydrogen-bond donors (Lipinski definition) is 2. The Balaban J connectivity index is 1.42. The van der Waals surface area contributed by atoms with Crippen molar-refractivity contribution in [1.82, 2.24) is 19.8 Å². The lowest BCUT2D eigenvalue weighted by molar-refractivity contribution is 0.146. The van der Waals surface area contributed by atoms with Crippen LogP contribution in [0.4, 0.5) is 22.1 Å². The monoisotopic (exact) mass is 587 g/mol. The number of urea groups is 1. The van der Waals surface area contributed by atoms with E-state index in [9.17, 15) is 4.79 Å². The molecule has 0 saturated carbocycles. The number of nitrogens with zero attached hydrogens (tertiary/aromatic N) is 5. The van der Waals surface area contributed by atoms with Gasteiger partial charge in [0.2, 0.25) is 0 Å². The van der Waals surface area contributed by atoms with Crippen LogP contribution in [0.2, 0.25) is 10.0 Å². The maximum atomic E-state index is 13.1. The van der Waals surface area contributed by atoms with Crippen molar-refractivity contribution >= 4 is 46.6 Å². The number of benzene rings is 1. The Hall–Kier alpha value is -3.31. The Morgan fingerprint density at radius 2 is 1.70 bits per heavy atom. The molecular formula is C28H35Cl2N7O3. The Bertz CT molecular complexity index is 1280. The number of likely N-dealkylation sites (N-methyl/N-ethyl adjacent to an activating group) is 1. The SMILES string of the molecule is CCN1CCN(CC2=CC=C(Nc3cc(N(C)C(=O)Nc4c(Cl)c(OC)cc(OC)c4Cl)ncn3)CC=C2)CC1. The molecule has 1 saturated heterocycles. The van der Waals surface area contributed by atoms with Gasteiger partial charge in [0.05, 0.1) is 19.9 Å². The fourth-order valence-corrected chi connectivity index (χ4v) is 5.04. The number of rotatable bonds is 9. The molecule has 2 N–H and O–H groups in total. The van der Waals surface area contributed by atoms with Crippen LogP contribution in [0.5, 0.6) is 11.5 Å². The Kier molecular flexibility index (Phi) is 10.3. The largest absolute Gasteiger partial charge is 0.495 e. The summed E-state index contributed by atoms with van der Waals surface area (Å²) in [4.78, 5) is 28.0. The van der Waals surface area contributed by atoms with Crippen LogP contribution in [-0.2, 0) is 0 Å². The lowest BCUT2D eigenvalue weighted by atomic mass is 10.2. The topological polar surface area (TPSA) is 95.1 Å². The molecule has 1 aliphatic carbocycles. The van der Waals surface area contributed by atoms with Crippen LogP contribution >= 0.6 is 23.2 Å².